The lowest BCUT2D eigenvalue weighted by Gasteiger charge is -2.36. The molecule has 0 radical (unpaired) electrons. The highest BCUT2D eigenvalue weighted by atomic mass is 35.5. The number of benzene rings is 2. The van der Waals surface area contributed by atoms with Crippen LogP contribution in [0.15, 0.2) is 85.5 Å². The maximum absolute atomic E-state index is 15.3. The molecule has 4 aliphatic heterocycles. The largest absolute Gasteiger partial charge is 0.378 e. The average molecular weight is 1020 g/mol. The standard InChI is InChI=1S/C49H51ClF2N14O5S/c1-28-21-29(4-8-33(28)43-3-2-20-72-43)57-31-6-10-38(53-23-31)47(68)62-64-49-56-26-37(52)45(60-49)66-16-19-70-42(27-66)41-13-12-40(71-41)34-9-5-30(22-35(34)50)58-32-7-11-39(54-24-32)46(67)61-63-48-55-25-36(51)44(59-48)65-14-17-69-18-15-65/h4-11,21-26,40-43,57-58H,2-3,12-20,27H2,1H3,(H,61,67)(H,62,68)(H,55,59,63)(H,56,60,64). The molecule has 374 valence electrons. The Hall–Kier alpha value is -6.98. The molecule has 0 saturated carbocycles. The number of pyridine rings is 2. The number of carbonyl (C=O) groups excluding carboxylic acids is 2. The lowest BCUT2D eigenvalue weighted by Crippen LogP contribution is -2.48. The summed E-state index contributed by atoms with van der Waals surface area (Å²) in [5.41, 5.74) is 17.1. The molecule has 23 heteroatoms. The molecule has 19 nitrogen and oxygen atoms in total. The number of morpholine rings is 2. The van der Waals surface area contributed by atoms with Crippen LogP contribution in [0.3, 0.4) is 0 Å². The zero-order valence-electron chi connectivity index (χ0n) is 39.0. The fourth-order valence-corrected chi connectivity index (χ4v) is 10.7. The van der Waals surface area contributed by atoms with Crippen molar-refractivity contribution >= 4 is 81.5 Å². The zero-order chi connectivity index (χ0) is 49.6. The quantitative estimate of drug-likeness (QED) is 0.0540. The van der Waals surface area contributed by atoms with Gasteiger partial charge < -0.3 is 34.6 Å². The van der Waals surface area contributed by atoms with Crippen molar-refractivity contribution in [2.45, 2.75) is 56.2 Å². The summed E-state index contributed by atoms with van der Waals surface area (Å²) in [6.45, 7) is 5.04. The van der Waals surface area contributed by atoms with Gasteiger partial charge in [-0.15, -0.1) is 0 Å². The molecule has 4 fully saturated rings. The number of halogens is 3. The third-order valence-electron chi connectivity index (χ3n) is 12.7. The van der Waals surface area contributed by atoms with Crippen molar-refractivity contribution in [3.05, 3.63) is 130 Å². The summed E-state index contributed by atoms with van der Waals surface area (Å²) < 4.78 is 47.7. The minimum Gasteiger partial charge on any atom is -0.378 e. The third-order valence-corrected chi connectivity index (χ3v) is 14.4. The molecule has 4 unspecified atom stereocenters. The summed E-state index contributed by atoms with van der Waals surface area (Å²) >= 11 is 8.84. The fourth-order valence-electron chi connectivity index (χ4n) is 9.01. The van der Waals surface area contributed by atoms with Crippen LogP contribution in [0.25, 0.3) is 0 Å². The van der Waals surface area contributed by atoms with Gasteiger partial charge in [-0.05, 0) is 104 Å². The minimum atomic E-state index is -0.618. The van der Waals surface area contributed by atoms with Gasteiger partial charge in [-0.1, -0.05) is 23.7 Å². The number of aryl methyl sites for hydroxylation is 1. The molecule has 6 N–H and O–H groups in total. The Morgan fingerprint density at radius 3 is 1.86 bits per heavy atom. The molecular weight excluding hydrogens is 970 g/mol. The van der Waals surface area contributed by atoms with Gasteiger partial charge in [0.15, 0.2) is 23.3 Å². The van der Waals surface area contributed by atoms with Crippen molar-refractivity contribution in [3.63, 3.8) is 0 Å². The molecule has 4 aliphatic rings. The van der Waals surface area contributed by atoms with Crippen molar-refractivity contribution < 1.29 is 32.6 Å². The number of anilines is 8. The number of carbonyl (C=O) groups is 2. The van der Waals surface area contributed by atoms with Gasteiger partial charge in [-0.3, -0.25) is 31.3 Å². The predicted octanol–water partition coefficient (Wildman–Crippen LogP) is 7.83. The Morgan fingerprint density at radius 2 is 1.28 bits per heavy atom. The lowest BCUT2D eigenvalue weighted by atomic mass is 10.0. The average Bonchev–Trinajstić information content (AvgIpc) is 4.13. The first-order chi connectivity index (χ1) is 35.1. The van der Waals surface area contributed by atoms with E-state index in [2.05, 4.69) is 87.4 Å². The van der Waals surface area contributed by atoms with Gasteiger partial charge >= 0.3 is 0 Å². The topological polar surface area (TPSA) is 218 Å². The number of thioether (sulfide) groups is 1. The maximum Gasteiger partial charge on any atom is 0.288 e. The molecule has 0 bridgehead atoms. The number of rotatable bonds is 15. The molecule has 8 heterocycles. The lowest BCUT2D eigenvalue weighted by molar-refractivity contribution is -0.0746. The summed E-state index contributed by atoms with van der Waals surface area (Å²) in [6, 6.07) is 18.6. The first-order valence-electron chi connectivity index (χ1n) is 23.6. The molecule has 6 aromatic rings. The van der Waals surface area contributed by atoms with Crippen LogP contribution in [-0.4, -0.2) is 106 Å². The monoisotopic (exact) mass is 1020 g/mol. The number of nitrogens with one attached hydrogen (secondary N) is 6. The second-order valence-corrected chi connectivity index (χ2v) is 19.2. The van der Waals surface area contributed by atoms with Crippen molar-refractivity contribution in [3.8, 4) is 0 Å². The highest BCUT2D eigenvalue weighted by Crippen LogP contribution is 2.42. The highest BCUT2D eigenvalue weighted by molar-refractivity contribution is 7.99. The van der Waals surface area contributed by atoms with E-state index in [9.17, 15) is 14.0 Å². The van der Waals surface area contributed by atoms with Gasteiger partial charge in [0.25, 0.3) is 11.8 Å². The number of aromatic nitrogens is 6. The Bertz CT molecular complexity index is 2900. The summed E-state index contributed by atoms with van der Waals surface area (Å²) in [7, 11) is 0. The molecule has 4 saturated heterocycles. The van der Waals surface area contributed by atoms with Crippen LogP contribution in [0.2, 0.25) is 5.02 Å². The van der Waals surface area contributed by atoms with Crippen molar-refractivity contribution in [1.29, 1.82) is 0 Å². The van der Waals surface area contributed by atoms with Crippen LogP contribution < -0.4 is 42.1 Å². The Morgan fingerprint density at radius 1 is 0.681 bits per heavy atom. The van der Waals surface area contributed by atoms with Crippen LogP contribution in [0.1, 0.15) is 74.7 Å². The van der Waals surface area contributed by atoms with Crippen LogP contribution in [0.5, 0.6) is 0 Å². The number of hydrogen-bond donors (Lipinski definition) is 6. The van der Waals surface area contributed by atoms with Crippen LogP contribution in [0, 0.1) is 18.6 Å². The van der Waals surface area contributed by atoms with Gasteiger partial charge in [0.2, 0.25) is 11.9 Å². The molecule has 0 spiro atoms. The van der Waals surface area contributed by atoms with E-state index in [1.54, 1.807) is 46.3 Å². The second kappa shape index (κ2) is 22.2. The first-order valence-corrected chi connectivity index (χ1v) is 25.0. The molecule has 72 heavy (non-hydrogen) atoms. The van der Waals surface area contributed by atoms with E-state index in [-0.39, 0.29) is 53.2 Å². The molecule has 0 aliphatic carbocycles. The van der Waals surface area contributed by atoms with Crippen LogP contribution >= 0.6 is 23.4 Å². The van der Waals surface area contributed by atoms with E-state index in [4.69, 9.17) is 25.8 Å². The van der Waals surface area contributed by atoms with Gasteiger partial charge in [-0.25, -0.2) is 28.7 Å². The predicted molar refractivity (Wildman–Crippen MR) is 270 cm³/mol. The summed E-state index contributed by atoms with van der Waals surface area (Å²) in [6.07, 6.45) is 8.08. The van der Waals surface area contributed by atoms with E-state index in [1.165, 1.54) is 35.9 Å². The van der Waals surface area contributed by atoms with Crippen molar-refractivity contribution in [2.24, 2.45) is 0 Å². The van der Waals surface area contributed by atoms with Gasteiger partial charge in [0.05, 0.1) is 68.2 Å². The first kappa shape index (κ1) is 48.6. The molecule has 2 aromatic carbocycles. The fraction of sp³-hybridized carbons (Fsp3) is 0.347. The maximum atomic E-state index is 15.3. The van der Waals surface area contributed by atoms with E-state index in [1.807, 2.05) is 23.9 Å². The number of amides is 2. The molecule has 10 rings (SSSR count). The van der Waals surface area contributed by atoms with E-state index in [0.29, 0.717) is 80.5 Å². The van der Waals surface area contributed by atoms with Gasteiger partial charge in [-0.2, -0.15) is 21.7 Å². The smallest absolute Gasteiger partial charge is 0.288 e. The van der Waals surface area contributed by atoms with E-state index < -0.39 is 23.4 Å². The Balaban J connectivity index is 0.686. The summed E-state index contributed by atoms with van der Waals surface area (Å²) in [5.74, 6) is -0.830. The number of hydrazine groups is 2. The number of hydrogen-bond acceptors (Lipinski definition) is 18. The van der Waals surface area contributed by atoms with Gasteiger partial charge in [0, 0.05) is 47.8 Å². The minimum absolute atomic E-state index is 0.00310. The van der Waals surface area contributed by atoms with E-state index >= 15 is 4.39 Å². The van der Waals surface area contributed by atoms with Gasteiger partial charge in [0.1, 0.15) is 17.5 Å². The summed E-state index contributed by atoms with van der Waals surface area (Å²) in [5, 5.41) is 7.67. The van der Waals surface area contributed by atoms with Crippen LogP contribution in [-0.2, 0) is 14.2 Å². The third kappa shape index (κ3) is 11.5. The SMILES string of the molecule is Cc1cc(Nc2ccc(C(=O)NNc3ncc(F)c(N4CCOC(C5CCC(c6ccc(Nc7ccc(C(=O)NNc8ncc(F)c(N9CCOCC9)n8)nc7)cc6Cl)O5)C4)n3)nc2)ccc1C1CCCS1. The van der Waals surface area contributed by atoms with Crippen molar-refractivity contribution in [2.75, 3.05) is 83.0 Å². The molecule has 4 aromatic heterocycles. The zero-order valence-corrected chi connectivity index (χ0v) is 40.6. The Kier molecular flexibility index (Phi) is 15.0. The summed E-state index contributed by atoms with van der Waals surface area (Å²) in [4.78, 5) is 54.6. The van der Waals surface area contributed by atoms with E-state index in [0.717, 1.165) is 29.3 Å². The molecular formula is C49H51ClF2N14O5S. The van der Waals surface area contributed by atoms with Crippen molar-refractivity contribution in [1.82, 2.24) is 40.8 Å². The highest BCUT2D eigenvalue weighted by Gasteiger charge is 2.37. The second-order valence-electron chi connectivity index (χ2n) is 17.5. The molecule has 4 atom stereocenters. The van der Waals surface area contributed by atoms with Crippen LogP contribution in [0.4, 0.5) is 55.1 Å². The normalized spacial score (nSPS) is 19.9. The number of ether oxygens (including phenoxy) is 3. The molecule has 2 amide bonds. The Labute approximate surface area is 422 Å². The number of nitrogens with zero attached hydrogens (tertiary/aromatic N) is 8.